The van der Waals surface area contributed by atoms with Gasteiger partial charge in [-0.2, -0.15) is 0 Å². The topological polar surface area (TPSA) is 37.3 Å². The van der Waals surface area contributed by atoms with Gasteiger partial charge in [-0.15, -0.1) is 0 Å². The summed E-state index contributed by atoms with van der Waals surface area (Å²) in [5.74, 6) is 0.124. The Kier molecular flexibility index (Phi) is 6.02. The molecule has 0 bridgehead atoms. The zero-order chi connectivity index (χ0) is 14.2. The number of aliphatic carboxylic acids is 1. The molecule has 104 valence electrons. The molecule has 0 aliphatic heterocycles. The number of carbonyl (C=O) groups is 1. The van der Waals surface area contributed by atoms with Crippen LogP contribution in [-0.2, 0) is 11.2 Å². The van der Waals surface area contributed by atoms with Crippen LogP contribution >= 0.6 is 21.6 Å². The van der Waals surface area contributed by atoms with Crippen molar-refractivity contribution >= 4 is 27.6 Å². The standard InChI is InChI=1S/C16H16O2S2/c17-16(18)15(14-9-5-2-6-10-14)20-19-12-11-13-7-3-1-4-8-13/h1-10,15H,11-12H2,(H,17,18). The minimum atomic E-state index is -0.784. The van der Waals surface area contributed by atoms with Crippen LogP contribution in [0.1, 0.15) is 16.4 Å². The second-order valence-electron chi connectivity index (χ2n) is 4.28. The lowest BCUT2D eigenvalue weighted by Gasteiger charge is -2.11. The highest BCUT2D eigenvalue weighted by molar-refractivity contribution is 8.76. The summed E-state index contributed by atoms with van der Waals surface area (Å²) in [6, 6.07) is 19.6. The van der Waals surface area contributed by atoms with Gasteiger partial charge in [-0.3, -0.25) is 4.79 Å². The summed E-state index contributed by atoms with van der Waals surface area (Å²) in [6.07, 6.45) is 0.958. The normalized spacial score (nSPS) is 12.0. The molecule has 2 aromatic rings. The van der Waals surface area contributed by atoms with E-state index in [1.807, 2.05) is 48.5 Å². The number of hydrogen-bond donors (Lipinski definition) is 1. The van der Waals surface area contributed by atoms with Crippen LogP contribution in [-0.4, -0.2) is 16.8 Å². The van der Waals surface area contributed by atoms with Crippen LogP contribution in [0, 0.1) is 0 Å². The molecule has 0 saturated carbocycles. The van der Waals surface area contributed by atoms with Gasteiger partial charge < -0.3 is 5.11 Å². The summed E-state index contributed by atoms with van der Waals surface area (Å²) < 4.78 is 0. The number of rotatable bonds is 7. The lowest BCUT2D eigenvalue weighted by atomic mass is 10.1. The van der Waals surface area contributed by atoms with Crippen molar-refractivity contribution in [2.75, 3.05) is 5.75 Å². The van der Waals surface area contributed by atoms with Crippen molar-refractivity contribution in [3.05, 3.63) is 71.8 Å². The Bertz CT molecular complexity index is 529. The molecule has 2 aromatic carbocycles. The predicted octanol–water partition coefficient (Wildman–Crippen LogP) is 4.44. The number of benzene rings is 2. The smallest absolute Gasteiger partial charge is 0.322 e. The predicted molar refractivity (Wildman–Crippen MR) is 87.0 cm³/mol. The van der Waals surface area contributed by atoms with Crippen molar-refractivity contribution in [1.29, 1.82) is 0 Å². The summed E-state index contributed by atoms with van der Waals surface area (Å²) in [5.41, 5.74) is 2.13. The molecule has 0 aliphatic rings. The van der Waals surface area contributed by atoms with Gasteiger partial charge in [-0.25, -0.2) is 0 Å². The van der Waals surface area contributed by atoms with Crippen LogP contribution in [0.5, 0.6) is 0 Å². The van der Waals surface area contributed by atoms with Gasteiger partial charge in [0.25, 0.3) is 0 Å². The third kappa shape index (κ3) is 4.62. The molecule has 4 heteroatoms. The van der Waals surface area contributed by atoms with Gasteiger partial charge >= 0.3 is 5.97 Å². The minimum absolute atomic E-state index is 0.503. The fourth-order valence-corrected chi connectivity index (χ4v) is 4.22. The molecule has 0 radical (unpaired) electrons. The maximum Gasteiger partial charge on any atom is 0.322 e. The third-order valence-corrected chi connectivity index (χ3v) is 5.47. The molecule has 20 heavy (non-hydrogen) atoms. The van der Waals surface area contributed by atoms with E-state index >= 15 is 0 Å². The average molecular weight is 304 g/mol. The lowest BCUT2D eigenvalue weighted by Crippen LogP contribution is -2.06. The van der Waals surface area contributed by atoms with E-state index in [2.05, 4.69) is 12.1 Å². The van der Waals surface area contributed by atoms with Crippen LogP contribution < -0.4 is 0 Å². The minimum Gasteiger partial charge on any atom is -0.480 e. The molecule has 1 N–H and O–H groups in total. The SMILES string of the molecule is O=C(O)C(SSCCc1ccccc1)c1ccccc1. The van der Waals surface area contributed by atoms with E-state index in [0.717, 1.165) is 17.7 Å². The van der Waals surface area contributed by atoms with Crippen LogP contribution in [0.15, 0.2) is 60.7 Å². The van der Waals surface area contributed by atoms with E-state index in [9.17, 15) is 9.90 Å². The van der Waals surface area contributed by atoms with E-state index in [1.165, 1.54) is 16.4 Å². The second kappa shape index (κ2) is 8.02. The fraction of sp³-hybridized carbons (Fsp3) is 0.188. The van der Waals surface area contributed by atoms with E-state index in [0.29, 0.717) is 0 Å². The summed E-state index contributed by atoms with van der Waals surface area (Å²) in [7, 11) is 3.03. The zero-order valence-corrected chi connectivity index (χ0v) is 12.6. The van der Waals surface area contributed by atoms with Gasteiger partial charge in [0.15, 0.2) is 0 Å². The number of aryl methyl sites for hydroxylation is 1. The van der Waals surface area contributed by atoms with Crippen molar-refractivity contribution in [2.24, 2.45) is 0 Å². The Morgan fingerprint density at radius 3 is 2.20 bits per heavy atom. The zero-order valence-electron chi connectivity index (χ0n) is 10.9. The highest BCUT2D eigenvalue weighted by atomic mass is 33.1. The molecule has 0 aromatic heterocycles. The van der Waals surface area contributed by atoms with Crippen molar-refractivity contribution in [3.8, 4) is 0 Å². The molecule has 2 rings (SSSR count). The molecule has 0 saturated heterocycles. The largest absolute Gasteiger partial charge is 0.480 e. The van der Waals surface area contributed by atoms with Gasteiger partial charge in [-0.05, 0) is 17.5 Å². The van der Waals surface area contributed by atoms with Crippen LogP contribution in [0.25, 0.3) is 0 Å². The van der Waals surface area contributed by atoms with Crippen molar-refractivity contribution < 1.29 is 9.90 Å². The van der Waals surface area contributed by atoms with Crippen molar-refractivity contribution in [1.82, 2.24) is 0 Å². The van der Waals surface area contributed by atoms with E-state index in [4.69, 9.17) is 0 Å². The Balaban J connectivity index is 1.83. The van der Waals surface area contributed by atoms with Crippen LogP contribution in [0.4, 0.5) is 0 Å². The fourth-order valence-electron chi connectivity index (χ4n) is 1.79. The van der Waals surface area contributed by atoms with Gasteiger partial charge in [0.2, 0.25) is 0 Å². The first-order chi connectivity index (χ1) is 9.77. The maximum absolute atomic E-state index is 11.3. The molecule has 0 spiro atoms. The van der Waals surface area contributed by atoms with Crippen molar-refractivity contribution in [2.45, 2.75) is 11.7 Å². The van der Waals surface area contributed by atoms with Gasteiger partial charge in [0, 0.05) is 5.75 Å². The molecule has 0 amide bonds. The summed E-state index contributed by atoms with van der Waals surface area (Å²) in [6.45, 7) is 0. The molecule has 2 nitrogen and oxygen atoms in total. The summed E-state index contributed by atoms with van der Waals surface area (Å²) >= 11 is 0. The van der Waals surface area contributed by atoms with Gasteiger partial charge in [-0.1, -0.05) is 82.3 Å². The quantitative estimate of drug-likeness (QED) is 0.606. The van der Waals surface area contributed by atoms with Gasteiger partial charge in [0.05, 0.1) is 0 Å². The average Bonchev–Trinajstić information content (AvgIpc) is 2.49. The van der Waals surface area contributed by atoms with Crippen LogP contribution in [0.2, 0.25) is 0 Å². The number of carboxylic acid groups (broad SMARTS) is 1. The first kappa shape index (κ1) is 15.0. The third-order valence-electron chi connectivity index (χ3n) is 2.81. The maximum atomic E-state index is 11.3. The number of hydrogen-bond acceptors (Lipinski definition) is 3. The van der Waals surface area contributed by atoms with Crippen molar-refractivity contribution in [3.63, 3.8) is 0 Å². The Morgan fingerprint density at radius 1 is 1.00 bits per heavy atom. The van der Waals surface area contributed by atoms with Gasteiger partial charge in [0.1, 0.15) is 5.25 Å². The monoisotopic (exact) mass is 304 g/mol. The second-order valence-corrected chi connectivity index (χ2v) is 6.88. The molecule has 1 unspecified atom stereocenters. The first-order valence-electron chi connectivity index (χ1n) is 6.37. The summed E-state index contributed by atoms with van der Waals surface area (Å²) in [4.78, 5) is 11.3. The van der Waals surface area contributed by atoms with E-state index in [-0.39, 0.29) is 0 Å². The molecule has 1 atom stereocenters. The molecule has 0 heterocycles. The van der Waals surface area contributed by atoms with Crippen LogP contribution in [0.3, 0.4) is 0 Å². The molecule has 0 aliphatic carbocycles. The highest BCUT2D eigenvalue weighted by Crippen LogP contribution is 2.38. The lowest BCUT2D eigenvalue weighted by molar-refractivity contribution is -0.136. The molecule has 0 fully saturated rings. The number of carboxylic acids is 1. The van der Waals surface area contributed by atoms with E-state index < -0.39 is 11.2 Å². The van der Waals surface area contributed by atoms with E-state index in [1.54, 1.807) is 10.8 Å². The molecular weight excluding hydrogens is 288 g/mol. The summed E-state index contributed by atoms with van der Waals surface area (Å²) in [5, 5.41) is 8.81. The first-order valence-corrected chi connectivity index (χ1v) is 8.75. The Labute approximate surface area is 127 Å². The Morgan fingerprint density at radius 2 is 1.60 bits per heavy atom. The molecular formula is C16H16O2S2. The Hall–Kier alpha value is -1.39. The highest BCUT2D eigenvalue weighted by Gasteiger charge is 2.20.